The van der Waals surface area contributed by atoms with Gasteiger partial charge in [0.1, 0.15) is 11.5 Å². The zero-order valence-corrected chi connectivity index (χ0v) is 23.2. The summed E-state index contributed by atoms with van der Waals surface area (Å²) >= 11 is 0. The molecule has 0 aromatic heterocycles. The lowest BCUT2D eigenvalue weighted by Gasteiger charge is -2.08. The van der Waals surface area contributed by atoms with E-state index >= 15 is 0 Å². The van der Waals surface area contributed by atoms with E-state index in [1.807, 2.05) is 0 Å². The van der Waals surface area contributed by atoms with Gasteiger partial charge in [-0.15, -0.1) is 0 Å². The van der Waals surface area contributed by atoms with Crippen molar-refractivity contribution in [2.45, 2.75) is 38.5 Å². The monoisotopic (exact) mass is 578 g/mol. The molecule has 42 heavy (non-hydrogen) atoms. The molecule has 0 heterocycles. The fourth-order valence-electron chi connectivity index (χ4n) is 3.67. The molecule has 0 spiro atoms. The van der Waals surface area contributed by atoms with E-state index < -0.39 is 23.9 Å². The molecular formula is C32H34O10. The molecule has 0 unspecified atom stereocenters. The third kappa shape index (κ3) is 10.5. The fourth-order valence-corrected chi connectivity index (χ4v) is 3.67. The number of benzene rings is 3. The van der Waals surface area contributed by atoms with Gasteiger partial charge in [0, 0.05) is 13.2 Å². The van der Waals surface area contributed by atoms with Gasteiger partial charge in [0.2, 0.25) is 0 Å². The van der Waals surface area contributed by atoms with Crippen LogP contribution in [0.3, 0.4) is 0 Å². The molecule has 10 nitrogen and oxygen atoms in total. The van der Waals surface area contributed by atoms with Gasteiger partial charge >= 0.3 is 23.9 Å². The van der Waals surface area contributed by atoms with Crippen molar-refractivity contribution in [2.75, 3.05) is 26.4 Å². The summed E-state index contributed by atoms with van der Waals surface area (Å²) in [6.45, 7) is 0.735. The van der Waals surface area contributed by atoms with Crippen LogP contribution in [0, 0.1) is 0 Å². The first-order valence-electron chi connectivity index (χ1n) is 13.7. The molecule has 0 amide bonds. The van der Waals surface area contributed by atoms with E-state index in [4.69, 9.17) is 29.2 Å². The Morgan fingerprint density at radius 1 is 0.429 bits per heavy atom. The summed E-state index contributed by atoms with van der Waals surface area (Å²) in [5.74, 6) is -1.80. The molecule has 3 rings (SSSR count). The van der Waals surface area contributed by atoms with E-state index in [2.05, 4.69) is 0 Å². The van der Waals surface area contributed by atoms with Crippen LogP contribution < -0.4 is 9.47 Å². The number of aliphatic hydroxyl groups excluding tert-OH is 2. The van der Waals surface area contributed by atoms with Gasteiger partial charge in [-0.25, -0.2) is 19.2 Å². The number of esters is 4. The number of hydrogen-bond acceptors (Lipinski definition) is 10. The van der Waals surface area contributed by atoms with Crippen LogP contribution in [0.4, 0.5) is 0 Å². The maximum absolute atomic E-state index is 12.5. The predicted octanol–water partition coefficient (Wildman–Crippen LogP) is 4.76. The van der Waals surface area contributed by atoms with Crippen molar-refractivity contribution in [2.24, 2.45) is 0 Å². The van der Waals surface area contributed by atoms with Gasteiger partial charge in [0.05, 0.1) is 35.5 Å². The van der Waals surface area contributed by atoms with E-state index in [1.165, 1.54) is 72.8 Å². The van der Waals surface area contributed by atoms with Crippen molar-refractivity contribution >= 4 is 23.9 Å². The number of aliphatic hydroxyl groups is 2. The molecule has 0 saturated heterocycles. The van der Waals surface area contributed by atoms with Gasteiger partial charge in [0.25, 0.3) is 0 Å². The molecule has 0 aliphatic heterocycles. The van der Waals surface area contributed by atoms with E-state index in [0.29, 0.717) is 36.8 Å². The molecule has 222 valence electrons. The smallest absolute Gasteiger partial charge is 0.343 e. The second-order valence-electron chi connectivity index (χ2n) is 9.25. The number of ether oxygens (including phenoxy) is 4. The number of carbonyl (C=O) groups excluding carboxylic acids is 4. The Morgan fingerprint density at radius 2 is 0.738 bits per heavy atom. The van der Waals surface area contributed by atoms with Crippen LogP contribution in [-0.4, -0.2) is 60.5 Å². The first kappa shape index (κ1) is 32.0. The van der Waals surface area contributed by atoms with Gasteiger partial charge in [0.15, 0.2) is 0 Å². The standard InChI is InChI=1S/C32H34O10/c33-19-3-1-5-21-39-29(35)23-11-15-27(16-12-23)41-31(37)25-7-9-26(10-8-25)32(38)42-28-17-13-24(14-18-28)30(36)40-22-6-2-4-20-34/h7-18,33-34H,1-6,19-22H2. The Hall–Kier alpha value is -4.54. The predicted molar refractivity (Wildman–Crippen MR) is 152 cm³/mol. The average molecular weight is 579 g/mol. The maximum Gasteiger partial charge on any atom is 0.343 e. The summed E-state index contributed by atoms with van der Waals surface area (Å²) in [5.41, 5.74) is 1.05. The highest BCUT2D eigenvalue weighted by atomic mass is 16.5. The van der Waals surface area contributed by atoms with Crippen LogP contribution in [0.5, 0.6) is 11.5 Å². The van der Waals surface area contributed by atoms with Crippen molar-refractivity contribution in [3.8, 4) is 11.5 Å². The summed E-state index contributed by atoms with van der Waals surface area (Å²) < 4.78 is 21.1. The maximum atomic E-state index is 12.5. The largest absolute Gasteiger partial charge is 0.462 e. The number of unbranched alkanes of at least 4 members (excludes halogenated alkanes) is 4. The molecule has 2 N–H and O–H groups in total. The Bertz CT molecular complexity index is 1200. The van der Waals surface area contributed by atoms with Crippen LogP contribution >= 0.6 is 0 Å². The number of rotatable bonds is 16. The molecule has 3 aromatic rings. The molecule has 0 bridgehead atoms. The van der Waals surface area contributed by atoms with Gasteiger partial charge in [-0.3, -0.25) is 0 Å². The van der Waals surface area contributed by atoms with Gasteiger partial charge in [-0.1, -0.05) is 0 Å². The first-order valence-corrected chi connectivity index (χ1v) is 13.7. The number of carbonyl (C=O) groups is 4. The van der Waals surface area contributed by atoms with E-state index in [-0.39, 0.29) is 49.1 Å². The quantitative estimate of drug-likeness (QED) is 0.139. The molecule has 10 heteroatoms. The minimum Gasteiger partial charge on any atom is -0.462 e. The third-order valence-corrected chi connectivity index (χ3v) is 6.03. The normalized spacial score (nSPS) is 10.5. The lowest BCUT2D eigenvalue weighted by atomic mass is 10.1. The van der Waals surface area contributed by atoms with E-state index in [0.717, 1.165) is 12.8 Å². The lowest BCUT2D eigenvalue weighted by Crippen LogP contribution is -2.12. The summed E-state index contributed by atoms with van der Waals surface area (Å²) in [6.07, 6.45) is 4.18. The van der Waals surface area contributed by atoms with Crippen LogP contribution in [0.25, 0.3) is 0 Å². The summed E-state index contributed by atoms with van der Waals surface area (Å²) in [6, 6.07) is 17.6. The van der Waals surface area contributed by atoms with Crippen LogP contribution in [-0.2, 0) is 9.47 Å². The molecule has 0 atom stereocenters. The van der Waals surface area contributed by atoms with Crippen molar-refractivity contribution in [1.82, 2.24) is 0 Å². The molecule has 0 aliphatic carbocycles. The molecule has 3 aromatic carbocycles. The highest BCUT2D eigenvalue weighted by Crippen LogP contribution is 2.18. The average Bonchev–Trinajstić information content (AvgIpc) is 3.01. The van der Waals surface area contributed by atoms with Crippen LogP contribution in [0.2, 0.25) is 0 Å². The van der Waals surface area contributed by atoms with Gasteiger partial charge in [-0.2, -0.15) is 0 Å². The van der Waals surface area contributed by atoms with E-state index in [9.17, 15) is 19.2 Å². The lowest BCUT2D eigenvalue weighted by molar-refractivity contribution is 0.0487. The minimum atomic E-state index is -0.648. The Kier molecular flexibility index (Phi) is 13.2. The molecule has 0 aliphatic rings. The molecular weight excluding hydrogens is 544 g/mol. The number of hydrogen-bond donors (Lipinski definition) is 2. The van der Waals surface area contributed by atoms with Crippen molar-refractivity contribution in [3.05, 3.63) is 95.1 Å². The summed E-state index contributed by atoms with van der Waals surface area (Å²) in [5, 5.41) is 17.5. The third-order valence-electron chi connectivity index (χ3n) is 6.03. The molecule has 0 radical (unpaired) electrons. The van der Waals surface area contributed by atoms with Crippen LogP contribution in [0.15, 0.2) is 72.8 Å². The van der Waals surface area contributed by atoms with Gasteiger partial charge in [-0.05, 0) is 111 Å². The van der Waals surface area contributed by atoms with Crippen molar-refractivity contribution in [3.63, 3.8) is 0 Å². The zero-order chi connectivity index (χ0) is 30.2. The zero-order valence-electron chi connectivity index (χ0n) is 23.2. The highest BCUT2D eigenvalue weighted by Gasteiger charge is 2.14. The molecule has 0 fully saturated rings. The topological polar surface area (TPSA) is 146 Å². The Morgan fingerprint density at radius 3 is 1.07 bits per heavy atom. The van der Waals surface area contributed by atoms with Crippen molar-refractivity contribution in [1.29, 1.82) is 0 Å². The Balaban J connectivity index is 1.46. The second kappa shape index (κ2) is 17.3. The van der Waals surface area contributed by atoms with Gasteiger partial charge < -0.3 is 29.2 Å². The van der Waals surface area contributed by atoms with Crippen molar-refractivity contribution < 1.29 is 48.3 Å². The highest BCUT2D eigenvalue weighted by molar-refractivity contribution is 5.95. The van der Waals surface area contributed by atoms with Crippen LogP contribution in [0.1, 0.15) is 80.0 Å². The minimum absolute atomic E-state index is 0.108. The van der Waals surface area contributed by atoms with E-state index in [1.54, 1.807) is 0 Å². The Labute approximate surface area is 243 Å². The fraction of sp³-hybridized carbons (Fsp3) is 0.312. The molecule has 0 saturated carbocycles. The second-order valence-corrected chi connectivity index (χ2v) is 9.25. The SMILES string of the molecule is O=C(OCCCCCO)c1ccc(OC(=O)c2ccc(C(=O)Oc3ccc(C(=O)OCCCCCO)cc3)cc2)cc1. The summed E-state index contributed by atoms with van der Waals surface area (Å²) in [4.78, 5) is 49.3. The first-order chi connectivity index (χ1) is 20.4. The summed E-state index contributed by atoms with van der Waals surface area (Å²) in [7, 11) is 0.